The first kappa shape index (κ1) is 25.9. The van der Waals surface area contributed by atoms with Crippen molar-refractivity contribution in [3.05, 3.63) is 51.7 Å². The van der Waals surface area contributed by atoms with Crippen molar-refractivity contribution >= 4 is 47.0 Å². The van der Waals surface area contributed by atoms with Crippen molar-refractivity contribution in [2.75, 3.05) is 31.1 Å². The van der Waals surface area contributed by atoms with Crippen LogP contribution in [-0.2, 0) is 13.0 Å². The molecule has 2 aromatic rings. The van der Waals surface area contributed by atoms with Crippen LogP contribution in [0.2, 0.25) is 0 Å². The summed E-state index contributed by atoms with van der Waals surface area (Å²) in [5, 5.41) is 16.2. The molecule has 1 aromatic heterocycles. The van der Waals surface area contributed by atoms with Gasteiger partial charge in [0.05, 0.1) is 6.54 Å². The van der Waals surface area contributed by atoms with E-state index >= 15 is 0 Å². The number of anilines is 1. The summed E-state index contributed by atoms with van der Waals surface area (Å²) in [6.45, 7) is 10.3. The second kappa shape index (κ2) is 13.3. The van der Waals surface area contributed by atoms with Crippen LogP contribution in [0.3, 0.4) is 0 Å². The fraction of sp³-hybridized carbons (Fsp3) is 0.542. The Balaban J connectivity index is 0.00000341. The van der Waals surface area contributed by atoms with Crippen LogP contribution in [0.5, 0.6) is 0 Å². The van der Waals surface area contributed by atoms with Crippen molar-refractivity contribution in [3.8, 4) is 0 Å². The molecule has 1 aliphatic rings. The average molecular weight is 557 g/mol. The maximum absolute atomic E-state index is 9.31. The summed E-state index contributed by atoms with van der Waals surface area (Å²) in [5.41, 5.74) is 2.48. The predicted molar refractivity (Wildman–Crippen MR) is 144 cm³/mol. The van der Waals surface area contributed by atoms with Crippen LogP contribution < -0.4 is 15.5 Å². The number of hydrogen-bond donors (Lipinski definition) is 3. The topological polar surface area (TPSA) is 59.9 Å². The number of nitrogens with one attached hydrogen (secondary N) is 2. The van der Waals surface area contributed by atoms with E-state index in [-0.39, 0.29) is 24.0 Å². The molecule has 0 radical (unpaired) electrons. The summed E-state index contributed by atoms with van der Waals surface area (Å²) in [6.07, 6.45) is 3.15. The van der Waals surface area contributed by atoms with Gasteiger partial charge in [0.2, 0.25) is 0 Å². The van der Waals surface area contributed by atoms with Gasteiger partial charge in [-0.15, -0.1) is 35.3 Å². The number of aryl methyl sites for hydroxylation is 1. The van der Waals surface area contributed by atoms with E-state index in [1.54, 1.807) is 0 Å². The second-order valence-corrected chi connectivity index (χ2v) is 9.61. The quantitative estimate of drug-likeness (QED) is 0.253. The van der Waals surface area contributed by atoms with E-state index in [1.807, 2.05) is 11.3 Å². The molecular formula is C24H37IN4OS. The lowest BCUT2D eigenvalue weighted by atomic mass is 9.97. The monoisotopic (exact) mass is 556 g/mol. The van der Waals surface area contributed by atoms with Crippen molar-refractivity contribution in [2.45, 2.75) is 52.6 Å². The summed E-state index contributed by atoms with van der Waals surface area (Å²) in [7, 11) is 0. The zero-order valence-electron chi connectivity index (χ0n) is 18.9. The lowest BCUT2D eigenvalue weighted by Crippen LogP contribution is -2.43. The lowest BCUT2D eigenvalue weighted by molar-refractivity contribution is 0.203. The Morgan fingerprint density at radius 2 is 1.90 bits per heavy atom. The lowest BCUT2D eigenvalue weighted by Gasteiger charge is -2.32. The van der Waals surface area contributed by atoms with E-state index in [2.05, 4.69) is 72.7 Å². The fourth-order valence-corrected chi connectivity index (χ4v) is 4.88. The number of benzene rings is 1. The highest BCUT2D eigenvalue weighted by molar-refractivity contribution is 14.0. The molecule has 172 valence electrons. The number of halogens is 1. The van der Waals surface area contributed by atoms with Gasteiger partial charge in [-0.25, -0.2) is 4.99 Å². The van der Waals surface area contributed by atoms with Crippen molar-refractivity contribution in [2.24, 2.45) is 10.9 Å². The van der Waals surface area contributed by atoms with Gasteiger partial charge in [0.1, 0.15) is 0 Å². The highest BCUT2D eigenvalue weighted by Gasteiger charge is 2.18. The molecule has 1 fully saturated rings. The second-order valence-electron chi connectivity index (χ2n) is 8.24. The molecule has 0 amide bonds. The number of hydrogen-bond acceptors (Lipinski definition) is 4. The number of piperidine rings is 1. The summed E-state index contributed by atoms with van der Waals surface area (Å²) in [6, 6.07) is 13.5. The highest BCUT2D eigenvalue weighted by Crippen LogP contribution is 2.23. The zero-order valence-corrected chi connectivity index (χ0v) is 22.1. The third-order valence-corrected chi connectivity index (χ3v) is 6.65. The summed E-state index contributed by atoms with van der Waals surface area (Å²) in [4.78, 5) is 9.97. The number of aliphatic hydroxyl groups is 1. The first-order valence-electron chi connectivity index (χ1n) is 11.1. The standard InChI is InChI=1S/C24H36N4OS.HI/c1-4-25-24(27-18(2)15-23-10-5-19(3)30-23)26-16-20-6-8-22(9-7-20)28-13-11-21(17-29)12-14-28;/h5-10,18,21,29H,4,11-17H2,1-3H3,(H2,25,26,27);1H. The third-order valence-electron chi connectivity index (χ3n) is 5.62. The van der Waals surface area contributed by atoms with Crippen molar-refractivity contribution in [1.82, 2.24) is 10.6 Å². The van der Waals surface area contributed by atoms with Gasteiger partial charge in [-0.2, -0.15) is 0 Å². The Labute approximate surface area is 208 Å². The molecule has 1 aromatic carbocycles. The normalized spacial score (nSPS) is 16.0. The molecule has 5 nitrogen and oxygen atoms in total. The summed E-state index contributed by atoms with van der Waals surface area (Å²) < 4.78 is 0. The minimum absolute atomic E-state index is 0. The number of aliphatic imine (C=N–C) groups is 1. The fourth-order valence-electron chi connectivity index (χ4n) is 3.86. The van der Waals surface area contributed by atoms with Gasteiger partial charge in [-0.05, 0) is 69.4 Å². The SMILES string of the molecule is CCNC(=NCc1ccc(N2CCC(CO)CC2)cc1)NC(C)Cc1ccc(C)s1.I. The van der Waals surface area contributed by atoms with E-state index in [9.17, 15) is 5.11 Å². The van der Waals surface area contributed by atoms with E-state index in [4.69, 9.17) is 4.99 Å². The number of thiophene rings is 1. The third kappa shape index (κ3) is 8.27. The summed E-state index contributed by atoms with van der Waals surface area (Å²) >= 11 is 1.86. The Kier molecular flexibility index (Phi) is 11.1. The molecule has 2 heterocycles. The van der Waals surface area contributed by atoms with Gasteiger partial charge in [-0.1, -0.05) is 12.1 Å². The maximum Gasteiger partial charge on any atom is 0.191 e. The van der Waals surface area contributed by atoms with E-state index in [0.29, 0.717) is 25.1 Å². The first-order valence-corrected chi connectivity index (χ1v) is 11.9. The molecule has 1 unspecified atom stereocenters. The van der Waals surface area contributed by atoms with Crippen LogP contribution >= 0.6 is 35.3 Å². The maximum atomic E-state index is 9.31. The molecule has 1 saturated heterocycles. The molecular weight excluding hydrogens is 519 g/mol. The average Bonchev–Trinajstić information content (AvgIpc) is 3.17. The smallest absolute Gasteiger partial charge is 0.191 e. The molecule has 3 N–H and O–H groups in total. The predicted octanol–water partition coefficient (Wildman–Crippen LogP) is 4.57. The Morgan fingerprint density at radius 1 is 1.19 bits per heavy atom. The number of nitrogens with zero attached hydrogens (tertiary/aromatic N) is 2. The number of aliphatic hydroxyl groups excluding tert-OH is 1. The highest BCUT2D eigenvalue weighted by atomic mass is 127. The van der Waals surface area contributed by atoms with Gasteiger partial charge >= 0.3 is 0 Å². The van der Waals surface area contributed by atoms with Crippen LogP contribution in [-0.4, -0.2) is 43.3 Å². The van der Waals surface area contributed by atoms with Crippen molar-refractivity contribution in [1.29, 1.82) is 0 Å². The van der Waals surface area contributed by atoms with Crippen LogP contribution in [0, 0.1) is 12.8 Å². The molecule has 7 heteroatoms. The number of guanidine groups is 1. The zero-order chi connectivity index (χ0) is 21.3. The number of rotatable bonds is 8. The molecule has 31 heavy (non-hydrogen) atoms. The molecule has 3 rings (SSSR count). The van der Waals surface area contributed by atoms with Gasteiger partial charge in [0.25, 0.3) is 0 Å². The van der Waals surface area contributed by atoms with Crippen LogP contribution in [0.25, 0.3) is 0 Å². The first-order chi connectivity index (χ1) is 14.6. The largest absolute Gasteiger partial charge is 0.396 e. The summed E-state index contributed by atoms with van der Waals surface area (Å²) in [5.74, 6) is 1.34. The molecule has 1 atom stereocenters. The van der Waals surface area contributed by atoms with Crippen molar-refractivity contribution in [3.63, 3.8) is 0 Å². The van der Waals surface area contributed by atoms with Gasteiger partial charge < -0.3 is 20.6 Å². The minimum Gasteiger partial charge on any atom is -0.396 e. The van der Waals surface area contributed by atoms with Crippen LogP contribution in [0.1, 0.15) is 42.0 Å². The molecule has 0 aliphatic carbocycles. The van der Waals surface area contributed by atoms with E-state index in [1.165, 1.54) is 21.0 Å². The van der Waals surface area contributed by atoms with Gasteiger partial charge in [0, 0.05) is 54.1 Å². The van der Waals surface area contributed by atoms with Crippen LogP contribution in [0.15, 0.2) is 41.4 Å². The molecule has 1 aliphatic heterocycles. The van der Waals surface area contributed by atoms with Crippen LogP contribution in [0.4, 0.5) is 5.69 Å². The Bertz CT molecular complexity index is 800. The molecule has 0 bridgehead atoms. The Morgan fingerprint density at radius 3 is 2.48 bits per heavy atom. The van der Waals surface area contributed by atoms with E-state index < -0.39 is 0 Å². The molecule has 0 spiro atoms. The van der Waals surface area contributed by atoms with Gasteiger partial charge in [-0.3, -0.25) is 0 Å². The van der Waals surface area contributed by atoms with Crippen molar-refractivity contribution < 1.29 is 5.11 Å². The molecule has 0 saturated carbocycles. The van der Waals surface area contributed by atoms with Gasteiger partial charge in [0.15, 0.2) is 5.96 Å². The van der Waals surface area contributed by atoms with E-state index in [0.717, 1.165) is 44.9 Å². The minimum atomic E-state index is 0. The Hall–Kier alpha value is -1.32.